The van der Waals surface area contributed by atoms with Gasteiger partial charge in [0.15, 0.2) is 0 Å². The van der Waals surface area contributed by atoms with Gasteiger partial charge in [0.2, 0.25) is 0 Å². The number of methoxy groups -OCH3 is 1. The first-order chi connectivity index (χ1) is 11.3. The molecule has 0 amide bonds. The van der Waals surface area contributed by atoms with Crippen LogP contribution in [0.5, 0.6) is 5.75 Å². The third-order valence-corrected chi connectivity index (χ3v) is 4.50. The van der Waals surface area contributed by atoms with E-state index >= 15 is 0 Å². The summed E-state index contributed by atoms with van der Waals surface area (Å²) in [4.78, 5) is 0. The Bertz CT molecular complexity index is 791. The summed E-state index contributed by atoms with van der Waals surface area (Å²) in [6, 6.07) is 16.7. The monoisotopic (exact) mass is 308 g/mol. The number of nitrogens with zero attached hydrogens (tertiary/aromatic N) is 2. The van der Waals surface area contributed by atoms with Gasteiger partial charge in [-0.15, -0.1) is 0 Å². The second kappa shape index (κ2) is 6.05. The number of hydrogen-bond donors (Lipinski definition) is 0. The van der Waals surface area contributed by atoms with E-state index in [1.54, 1.807) is 7.11 Å². The number of fused-ring (bicyclic) bond motifs is 1. The van der Waals surface area contributed by atoms with Gasteiger partial charge in [-0.1, -0.05) is 30.3 Å². The number of aromatic nitrogens is 2. The first-order valence-electron chi connectivity index (χ1n) is 8.00. The average molecular weight is 308 g/mol. The fourth-order valence-corrected chi connectivity index (χ4v) is 3.02. The third kappa shape index (κ3) is 2.94. The Kier molecular flexibility index (Phi) is 3.75. The van der Waals surface area contributed by atoms with Gasteiger partial charge < -0.3 is 9.47 Å². The predicted octanol–water partition coefficient (Wildman–Crippen LogP) is 3.97. The minimum Gasteiger partial charge on any atom is -0.497 e. The van der Waals surface area contributed by atoms with E-state index in [9.17, 15) is 0 Å². The van der Waals surface area contributed by atoms with Crippen molar-refractivity contribution in [1.29, 1.82) is 0 Å². The molecule has 3 aromatic rings. The van der Waals surface area contributed by atoms with Crippen LogP contribution in [0.2, 0.25) is 0 Å². The van der Waals surface area contributed by atoms with Crippen LogP contribution in [-0.2, 0) is 11.3 Å². The van der Waals surface area contributed by atoms with Crippen LogP contribution in [0.3, 0.4) is 0 Å². The Morgan fingerprint density at radius 1 is 1.13 bits per heavy atom. The summed E-state index contributed by atoms with van der Waals surface area (Å²) in [5.74, 6) is 0.870. The molecule has 1 saturated carbocycles. The van der Waals surface area contributed by atoms with Crippen molar-refractivity contribution in [3.8, 4) is 5.75 Å². The van der Waals surface area contributed by atoms with E-state index in [2.05, 4.69) is 28.1 Å². The van der Waals surface area contributed by atoms with E-state index in [0.29, 0.717) is 18.8 Å². The summed E-state index contributed by atoms with van der Waals surface area (Å²) in [5, 5.41) is 5.79. The molecule has 0 bridgehead atoms. The molecule has 4 nitrogen and oxygen atoms in total. The molecule has 0 aliphatic heterocycles. The normalized spacial score (nSPS) is 20.4. The van der Waals surface area contributed by atoms with E-state index in [-0.39, 0.29) is 0 Å². The predicted molar refractivity (Wildman–Crippen MR) is 89.6 cm³/mol. The van der Waals surface area contributed by atoms with Gasteiger partial charge in [0.05, 0.1) is 31.4 Å². The Labute approximate surface area is 135 Å². The second-order valence-corrected chi connectivity index (χ2v) is 6.08. The van der Waals surface area contributed by atoms with Crippen molar-refractivity contribution in [3.05, 3.63) is 60.3 Å². The molecule has 4 rings (SSSR count). The summed E-state index contributed by atoms with van der Waals surface area (Å²) in [6.45, 7) is 0.691. The van der Waals surface area contributed by atoms with Crippen molar-refractivity contribution >= 4 is 10.9 Å². The third-order valence-electron chi connectivity index (χ3n) is 4.50. The summed E-state index contributed by atoms with van der Waals surface area (Å²) < 4.78 is 13.3. The molecule has 1 aliphatic rings. The molecule has 1 aliphatic carbocycles. The van der Waals surface area contributed by atoms with Crippen molar-refractivity contribution in [2.75, 3.05) is 7.11 Å². The molecule has 0 atom stereocenters. The molecule has 0 saturated heterocycles. The van der Waals surface area contributed by atoms with Crippen LogP contribution in [-0.4, -0.2) is 23.0 Å². The molecule has 4 heteroatoms. The molecule has 0 spiro atoms. The summed E-state index contributed by atoms with van der Waals surface area (Å²) in [5.41, 5.74) is 2.24. The molecular formula is C19H20N2O2. The molecule has 0 N–H and O–H groups in total. The van der Waals surface area contributed by atoms with Gasteiger partial charge in [-0.25, -0.2) is 0 Å². The smallest absolute Gasteiger partial charge is 0.119 e. The van der Waals surface area contributed by atoms with Gasteiger partial charge in [0.1, 0.15) is 5.75 Å². The molecule has 2 aromatic carbocycles. The minimum absolute atomic E-state index is 0.335. The van der Waals surface area contributed by atoms with Gasteiger partial charge in [0.25, 0.3) is 0 Å². The molecule has 1 aromatic heterocycles. The Hall–Kier alpha value is -2.33. The fraction of sp³-hybridized carbons (Fsp3) is 0.316. The summed E-state index contributed by atoms with van der Waals surface area (Å²) in [6.07, 6.45) is 4.49. The zero-order valence-electron chi connectivity index (χ0n) is 13.2. The quantitative estimate of drug-likeness (QED) is 0.715. The lowest BCUT2D eigenvalue weighted by molar-refractivity contribution is -0.0382. The van der Waals surface area contributed by atoms with Gasteiger partial charge in [-0.05, 0) is 36.6 Å². The second-order valence-electron chi connectivity index (χ2n) is 6.08. The van der Waals surface area contributed by atoms with Crippen molar-refractivity contribution in [1.82, 2.24) is 9.78 Å². The minimum atomic E-state index is 0.335. The highest BCUT2D eigenvalue weighted by molar-refractivity contribution is 5.79. The van der Waals surface area contributed by atoms with Gasteiger partial charge in [0, 0.05) is 11.6 Å². The zero-order chi connectivity index (χ0) is 15.6. The molecule has 23 heavy (non-hydrogen) atoms. The maximum atomic E-state index is 5.97. The first kappa shape index (κ1) is 14.3. The highest BCUT2D eigenvalue weighted by Gasteiger charge is 2.32. The Morgan fingerprint density at radius 2 is 1.96 bits per heavy atom. The van der Waals surface area contributed by atoms with Crippen LogP contribution in [0.1, 0.15) is 24.4 Å². The molecule has 0 unspecified atom stereocenters. The van der Waals surface area contributed by atoms with E-state index < -0.39 is 0 Å². The van der Waals surface area contributed by atoms with Crippen molar-refractivity contribution in [2.45, 2.75) is 31.6 Å². The van der Waals surface area contributed by atoms with Crippen molar-refractivity contribution < 1.29 is 9.47 Å². The van der Waals surface area contributed by atoms with Crippen LogP contribution in [0, 0.1) is 0 Å². The number of ether oxygens (including phenoxy) is 2. The molecule has 1 heterocycles. The SMILES string of the molecule is COc1ccc2nn(C3CC(OCc4ccccc4)C3)cc2c1. The molecule has 118 valence electrons. The van der Waals surface area contributed by atoms with E-state index in [0.717, 1.165) is 29.5 Å². The average Bonchev–Trinajstić information content (AvgIpc) is 2.96. The number of rotatable bonds is 5. The number of hydrogen-bond acceptors (Lipinski definition) is 3. The number of benzene rings is 2. The van der Waals surface area contributed by atoms with Crippen LogP contribution in [0.15, 0.2) is 54.7 Å². The lowest BCUT2D eigenvalue weighted by atomic mass is 9.89. The maximum Gasteiger partial charge on any atom is 0.119 e. The largest absolute Gasteiger partial charge is 0.497 e. The molecular weight excluding hydrogens is 288 g/mol. The lowest BCUT2D eigenvalue weighted by Gasteiger charge is -2.35. The maximum absolute atomic E-state index is 5.97. The first-order valence-corrected chi connectivity index (χ1v) is 8.00. The summed E-state index contributed by atoms with van der Waals surface area (Å²) in [7, 11) is 1.69. The Morgan fingerprint density at radius 3 is 2.74 bits per heavy atom. The zero-order valence-corrected chi connectivity index (χ0v) is 13.2. The van der Waals surface area contributed by atoms with Crippen molar-refractivity contribution in [3.63, 3.8) is 0 Å². The van der Waals surface area contributed by atoms with Crippen LogP contribution < -0.4 is 4.74 Å². The van der Waals surface area contributed by atoms with E-state index in [4.69, 9.17) is 9.47 Å². The topological polar surface area (TPSA) is 36.3 Å². The molecule has 1 fully saturated rings. The standard InChI is InChI=1S/C19H20N2O2/c1-22-17-7-8-19-15(9-17)12-21(20-19)16-10-18(11-16)23-13-14-5-3-2-4-6-14/h2-9,12,16,18H,10-11,13H2,1H3. The fourth-order valence-electron chi connectivity index (χ4n) is 3.02. The van der Waals surface area contributed by atoms with E-state index in [1.165, 1.54) is 5.56 Å². The van der Waals surface area contributed by atoms with Crippen LogP contribution >= 0.6 is 0 Å². The lowest BCUT2D eigenvalue weighted by Crippen LogP contribution is -2.33. The van der Waals surface area contributed by atoms with Crippen LogP contribution in [0.25, 0.3) is 10.9 Å². The van der Waals surface area contributed by atoms with E-state index in [1.807, 2.05) is 36.4 Å². The summed E-state index contributed by atoms with van der Waals surface area (Å²) >= 11 is 0. The highest BCUT2D eigenvalue weighted by atomic mass is 16.5. The van der Waals surface area contributed by atoms with Gasteiger partial charge in [-0.2, -0.15) is 5.10 Å². The molecule has 0 radical (unpaired) electrons. The van der Waals surface area contributed by atoms with Gasteiger partial charge in [-0.3, -0.25) is 4.68 Å². The van der Waals surface area contributed by atoms with Crippen LogP contribution in [0.4, 0.5) is 0 Å². The Balaban J connectivity index is 1.36. The highest BCUT2D eigenvalue weighted by Crippen LogP contribution is 2.35. The van der Waals surface area contributed by atoms with Crippen molar-refractivity contribution in [2.24, 2.45) is 0 Å². The van der Waals surface area contributed by atoms with Gasteiger partial charge >= 0.3 is 0 Å².